The molecule has 0 amide bonds. The Morgan fingerprint density at radius 1 is 1.17 bits per heavy atom. The van der Waals surface area contributed by atoms with Crippen molar-refractivity contribution >= 4 is 0 Å². The minimum atomic E-state index is 0.568. The van der Waals surface area contributed by atoms with Crippen LogP contribution < -0.4 is 0 Å². The second-order valence-electron chi connectivity index (χ2n) is 3.26. The second kappa shape index (κ2) is 7.60. The van der Waals surface area contributed by atoms with Crippen LogP contribution in [0.1, 0.15) is 53.4 Å². The van der Waals surface area contributed by atoms with Crippen molar-refractivity contribution < 1.29 is 4.74 Å². The van der Waals surface area contributed by atoms with E-state index >= 15 is 0 Å². The van der Waals surface area contributed by atoms with Gasteiger partial charge in [-0.2, -0.15) is 0 Å². The van der Waals surface area contributed by atoms with E-state index in [2.05, 4.69) is 13.8 Å². The molecule has 1 rings (SSSR count). The Balaban J connectivity index is 0.000000561. The Hall–Kier alpha value is -0.0400. The van der Waals surface area contributed by atoms with E-state index in [1.54, 1.807) is 0 Å². The minimum absolute atomic E-state index is 0.568. The van der Waals surface area contributed by atoms with Crippen LogP contribution in [0.5, 0.6) is 0 Å². The van der Waals surface area contributed by atoms with Crippen LogP contribution in [-0.4, -0.2) is 12.7 Å². The summed E-state index contributed by atoms with van der Waals surface area (Å²) in [5.74, 6) is 0.800. The molecule has 0 aromatic rings. The average molecular weight is 172 g/mol. The van der Waals surface area contributed by atoms with Crippen LogP contribution in [0, 0.1) is 5.92 Å². The average Bonchev–Trinajstić information content (AvgIpc) is 2.13. The van der Waals surface area contributed by atoms with Crippen molar-refractivity contribution in [3.05, 3.63) is 0 Å². The highest BCUT2D eigenvalue weighted by Crippen LogP contribution is 2.25. The van der Waals surface area contributed by atoms with Crippen LogP contribution in [0.3, 0.4) is 0 Å². The van der Waals surface area contributed by atoms with Gasteiger partial charge in [0.1, 0.15) is 0 Å². The number of hydrogen-bond acceptors (Lipinski definition) is 1. The second-order valence-corrected chi connectivity index (χ2v) is 3.26. The minimum Gasteiger partial charge on any atom is -0.378 e. The van der Waals surface area contributed by atoms with Crippen molar-refractivity contribution in [1.29, 1.82) is 0 Å². The highest BCUT2D eigenvalue weighted by atomic mass is 16.5. The first-order valence-corrected chi connectivity index (χ1v) is 5.46. The Morgan fingerprint density at radius 2 is 1.75 bits per heavy atom. The topological polar surface area (TPSA) is 9.23 Å². The van der Waals surface area contributed by atoms with Crippen molar-refractivity contribution in [1.82, 2.24) is 0 Å². The van der Waals surface area contributed by atoms with Gasteiger partial charge in [0, 0.05) is 6.61 Å². The zero-order chi connectivity index (χ0) is 9.40. The molecule has 1 aliphatic carbocycles. The zero-order valence-electron chi connectivity index (χ0n) is 9.10. The fourth-order valence-electron chi connectivity index (χ4n) is 1.74. The molecular weight excluding hydrogens is 148 g/mol. The fraction of sp³-hybridized carbons (Fsp3) is 1.00. The number of hydrogen-bond donors (Lipinski definition) is 0. The highest BCUT2D eigenvalue weighted by Gasteiger charge is 2.20. The summed E-state index contributed by atoms with van der Waals surface area (Å²) in [6.07, 6.45) is 6.00. The van der Waals surface area contributed by atoms with Gasteiger partial charge in [0.25, 0.3) is 0 Å². The standard InChI is InChI=1S/C9H18O.C2H6/c1-3-10-9-7-5-4-6-8(9)2;1-2/h8-9H,3-7H2,1-2H3;1-2H3. The lowest BCUT2D eigenvalue weighted by Gasteiger charge is -2.28. The fourth-order valence-corrected chi connectivity index (χ4v) is 1.74. The van der Waals surface area contributed by atoms with Gasteiger partial charge in [0.15, 0.2) is 0 Å². The predicted molar refractivity (Wildman–Crippen MR) is 54.4 cm³/mol. The molecule has 2 atom stereocenters. The van der Waals surface area contributed by atoms with Crippen molar-refractivity contribution in [2.75, 3.05) is 6.61 Å². The lowest BCUT2D eigenvalue weighted by molar-refractivity contribution is 0.00206. The first kappa shape index (κ1) is 12.0. The molecule has 0 heterocycles. The van der Waals surface area contributed by atoms with Crippen LogP contribution >= 0.6 is 0 Å². The van der Waals surface area contributed by atoms with Crippen molar-refractivity contribution in [3.8, 4) is 0 Å². The monoisotopic (exact) mass is 172 g/mol. The Morgan fingerprint density at radius 3 is 2.25 bits per heavy atom. The van der Waals surface area contributed by atoms with Gasteiger partial charge in [-0.15, -0.1) is 0 Å². The molecule has 0 spiro atoms. The largest absolute Gasteiger partial charge is 0.378 e. The van der Waals surface area contributed by atoms with Crippen LogP contribution in [0.4, 0.5) is 0 Å². The summed E-state index contributed by atoms with van der Waals surface area (Å²) in [5.41, 5.74) is 0. The molecule has 1 heteroatoms. The molecule has 74 valence electrons. The zero-order valence-corrected chi connectivity index (χ0v) is 9.10. The Kier molecular flexibility index (Phi) is 7.58. The number of rotatable bonds is 2. The van der Waals surface area contributed by atoms with Gasteiger partial charge in [0.05, 0.1) is 6.10 Å². The molecule has 0 saturated heterocycles. The van der Waals surface area contributed by atoms with Crippen LogP contribution in [0.25, 0.3) is 0 Å². The van der Waals surface area contributed by atoms with E-state index in [0.717, 1.165) is 12.5 Å². The summed E-state index contributed by atoms with van der Waals surface area (Å²) >= 11 is 0. The maximum absolute atomic E-state index is 5.60. The van der Waals surface area contributed by atoms with E-state index in [1.165, 1.54) is 25.7 Å². The first-order valence-electron chi connectivity index (χ1n) is 5.46. The third-order valence-electron chi connectivity index (χ3n) is 2.41. The normalized spacial score (nSPS) is 29.0. The summed E-state index contributed by atoms with van der Waals surface area (Å²) in [5, 5.41) is 0. The van der Waals surface area contributed by atoms with Crippen LogP contribution in [0.15, 0.2) is 0 Å². The van der Waals surface area contributed by atoms with Gasteiger partial charge in [0.2, 0.25) is 0 Å². The van der Waals surface area contributed by atoms with E-state index in [4.69, 9.17) is 4.74 Å². The van der Waals surface area contributed by atoms with Crippen LogP contribution in [-0.2, 0) is 4.74 Å². The van der Waals surface area contributed by atoms with Gasteiger partial charge >= 0.3 is 0 Å². The maximum Gasteiger partial charge on any atom is 0.0600 e. The van der Waals surface area contributed by atoms with E-state index in [9.17, 15) is 0 Å². The van der Waals surface area contributed by atoms with Gasteiger partial charge in [-0.1, -0.05) is 33.6 Å². The highest BCUT2D eigenvalue weighted by molar-refractivity contribution is 4.71. The van der Waals surface area contributed by atoms with E-state index in [0.29, 0.717) is 6.10 Å². The smallest absolute Gasteiger partial charge is 0.0600 e. The van der Waals surface area contributed by atoms with Gasteiger partial charge in [-0.25, -0.2) is 0 Å². The quantitative estimate of drug-likeness (QED) is 0.618. The summed E-state index contributed by atoms with van der Waals surface area (Å²) in [6, 6.07) is 0. The third kappa shape index (κ3) is 4.10. The van der Waals surface area contributed by atoms with E-state index in [-0.39, 0.29) is 0 Å². The van der Waals surface area contributed by atoms with Crippen LogP contribution in [0.2, 0.25) is 0 Å². The molecule has 0 radical (unpaired) electrons. The molecule has 2 unspecified atom stereocenters. The summed E-state index contributed by atoms with van der Waals surface area (Å²) in [7, 11) is 0. The molecule has 1 fully saturated rings. The summed E-state index contributed by atoms with van der Waals surface area (Å²) < 4.78 is 5.60. The SMILES string of the molecule is CC.CCOC1CCCCC1C. The predicted octanol–water partition coefficient (Wildman–Crippen LogP) is 3.63. The Labute approximate surface area is 77.5 Å². The molecule has 0 N–H and O–H groups in total. The van der Waals surface area contributed by atoms with E-state index in [1.807, 2.05) is 13.8 Å². The number of ether oxygens (including phenoxy) is 1. The summed E-state index contributed by atoms with van der Waals surface area (Å²) in [6.45, 7) is 9.27. The van der Waals surface area contributed by atoms with Gasteiger partial charge in [-0.3, -0.25) is 0 Å². The molecule has 0 bridgehead atoms. The Bertz CT molecular complexity index is 89.0. The lowest BCUT2D eigenvalue weighted by Crippen LogP contribution is -2.25. The molecule has 0 aliphatic heterocycles. The van der Waals surface area contributed by atoms with Gasteiger partial charge < -0.3 is 4.74 Å². The third-order valence-corrected chi connectivity index (χ3v) is 2.41. The van der Waals surface area contributed by atoms with E-state index < -0.39 is 0 Å². The van der Waals surface area contributed by atoms with Crippen molar-refractivity contribution in [2.24, 2.45) is 5.92 Å². The molecule has 0 aromatic heterocycles. The van der Waals surface area contributed by atoms with Crippen molar-refractivity contribution in [3.63, 3.8) is 0 Å². The molecule has 0 aromatic carbocycles. The van der Waals surface area contributed by atoms with Gasteiger partial charge in [-0.05, 0) is 25.7 Å². The lowest BCUT2D eigenvalue weighted by atomic mass is 9.88. The maximum atomic E-state index is 5.60. The summed E-state index contributed by atoms with van der Waals surface area (Å²) in [4.78, 5) is 0. The van der Waals surface area contributed by atoms with Crippen molar-refractivity contribution in [2.45, 2.75) is 59.5 Å². The molecule has 12 heavy (non-hydrogen) atoms. The molecule has 1 aliphatic rings. The molecular formula is C11H24O. The molecule has 1 nitrogen and oxygen atoms in total. The first-order chi connectivity index (χ1) is 5.84. The molecule has 1 saturated carbocycles.